The Balaban J connectivity index is 1.82. The van der Waals surface area contributed by atoms with Gasteiger partial charge in [0.15, 0.2) is 0 Å². The number of hydrogen-bond acceptors (Lipinski definition) is 2. The Hall–Kier alpha value is -0.0800. The summed E-state index contributed by atoms with van der Waals surface area (Å²) in [6.45, 7) is 10.9. The van der Waals surface area contributed by atoms with Gasteiger partial charge in [-0.2, -0.15) is 0 Å². The Morgan fingerprint density at radius 2 is 1.94 bits per heavy atom. The largest absolute Gasteiger partial charge is 0.312 e. The lowest BCUT2D eigenvalue weighted by Gasteiger charge is -2.36. The highest BCUT2D eigenvalue weighted by molar-refractivity contribution is 4.85. The molecule has 1 aliphatic carbocycles. The molecule has 2 aliphatic rings. The lowest BCUT2D eigenvalue weighted by molar-refractivity contribution is 0.155. The molecule has 2 fully saturated rings. The van der Waals surface area contributed by atoms with Gasteiger partial charge >= 0.3 is 0 Å². The molecule has 0 aromatic carbocycles. The second-order valence-corrected chi connectivity index (χ2v) is 6.17. The van der Waals surface area contributed by atoms with Crippen LogP contribution in [-0.4, -0.2) is 36.6 Å². The molecule has 1 heterocycles. The topological polar surface area (TPSA) is 15.3 Å². The highest BCUT2D eigenvalue weighted by Crippen LogP contribution is 2.30. The van der Waals surface area contributed by atoms with Crippen LogP contribution < -0.4 is 5.32 Å². The molecule has 2 nitrogen and oxygen atoms in total. The quantitative estimate of drug-likeness (QED) is 0.772. The number of hydrogen-bond donors (Lipinski definition) is 1. The van der Waals surface area contributed by atoms with E-state index in [4.69, 9.17) is 0 Å². The van der Waals surface area contributed by atoms with Crippen LogP contribution in [0.4, 0.5) is 0 Å². The first-order valence-electron chi connectivity index (χ1n) is 7.14. The van der Waals surface area contributed by atoms with Gasteiger partial charge in [-0.1, -0.05) is 6.92 Å². The molecule has 94 valence electrons. The van der Waals surface area contributed by atoms with Crippen molar-refractivity contribution in [2.24, 2.45) is 11.8 Å². The molecule has 2 unspecified atom stereocenters. The minimum absolute atomic E-state index is 0.705. The summed E-state index contributed by atoms with van der Waals surface area (Å²) in [7, 11) is 0. The third-order valence-corrected chi connectivity index (χ3v) is 4.28. The van der Waals surface area contributed by atoms with E-state index in [0.717, 1.165) is 17.9 Å². The van der Waals surface area contributed by atoms with E-state index in [1.165, 1.54) is 45.3 Å². The fourth-order valence-corrected chi connectivity index (χ4v) is 2.74. The molecule has 0 amide bonds. The van der Waals surface area contributed by atoms with Crippen LogP contribution in [0, 0.1) is 11.8 Å². The molecule has 0 bridgehead atoms. The molecule has 2 atom stereocenters. The minimum Gasteiger partial charge on any atom is -0.312 e. The first-order valence-corrected chi connectivity index (χ1v) is 7.14. The van der Waals surface area contributed by atoms with Gasteiger partial charge in [-0.3, -0.25) is 4.90 Å². The summed E-state index contributed by atoms with van der Waals surface area (Å²) in [5.74, 6) is 1.87. The van der Waals surface area contributed by atoms with Crippen molar-refractivity contribution in [2.45, 2.75) is 58.5 Å². The molecule has 1 N–H and O–H groups in total. The predicted octanol–water partition coefficient (Wildman–Crippen LogP) is 2.49. The summed E-state index contributed by atoms with van der Waals surface area (Å²) in [5, 5.41) is 3.71. The van der Waals surface area contributed by atoms with Crippen molar-refractivity contribution in [3.05, 3.63) is 0 Å². The second-order valence-electron chi connectivity index (χ2n) is 6.17. The van der Waals surface area contributed by atoms with Crippen LogP contribution in [0.2, 0.25) is 0 Å². The normalized spacial score (nSPS) is 31.3. The fraction of sp³-hybridized carbons (Fsp3) is 1.00. The van der Waals surface area contributed by atoms with Gasteiger partial charge in [-0.25, -0.2) is 0 Å². The maximum atomic E-state index is 3.71. The lowest BCUT2D eigenvalue weighted by atomic mass is 9.92. The van der Waals surface area contributed by atoms with Crippen molar-refractivity contribution in [1.82, 2.24) is 10.2 Å². The zero-order valence-corrected chi connectivity index (χ0v) is 11.2. The predicted molar refractivity (Wildman–Crippen MR) is 69.6 cm³/mol. The van der Waals surface area contributed by atoms with Gasteiger partial charge in [0.05, 0.1) is 0 Å². The first-order chi connectivity index (χ1) is 7.66. The summed E-state index contributed by atoms with van der Waals surface area (Å²) in [4.78, 5) is 2.69. The number of nitrogens with zero attached hydrogens (tertiary/aromatic N) is 1. The minimum atomic E-state index is 0.705. The maximum absolute atomic E-state index is 3.71. The molecule has 0 aromatic heterocycles. The molecule has 2 rings (SSSR count). The molecular weight excluding hydrogens is 196 g/mol. The van der Waals surface area contributed by atoms with Crippen molar-refractivity contribution in [2.75, 3.05) is 19.6 Å². The monoisotopic (exact) mass is 224 g/mol. The van der Waals surface area contributed by atoms with Gasteiger partial charge in [-0.15, -0.1) is 0 Å². The molecule has 1 saturated heterocycles. The van der Waals surface area contributed by atoms with Gasteiger partial charge in [-0.05, 0) is 57.9 Å². The van der Waals surface area contributed by atoms with Gasteiger partial charge in [0, 0.05) is 25.2 Å². The van der Waals surface area contributed by atoms with E-state index in [1.807, 2.05) is 0 Å². The second kappa shape index (κ2) is 5.50. The van der Waals surface area contributed by atoms with Gasteiger partial charge in [0.1, 0.15) is 0 Å². The van der Waals surface area contributed by atoms with Crippen LogP contribution in [0.3, 0.4) is 0 Å². The molecular formula is C14H28N2. The number of nitrogens with one attached hydrogen (secondary N) is 1. The maximum Gasteiger partial charge on any atom is 0.0220 e. The molecule has 0 aromatic rings. The van der Waals surface area contributed by atoms with E-state index >= 15 is 0 Å². The van der Waals surface area contributed by atoms with Crippen LogP contribution in [0.15, 0.2) is 0 Å². The highest BCUT2D eigenvalue weighted by atomic mass is 15.2. The summed E-state index contributed by atoms with van der Waals surface area (Å²) in [6, 6.07) is 1.44. The highest BCUT2D eigenvalue weighted by Gasteiger charge is 2.29. The van der Waals surface area contributed by atoms with Gasteiger partial charge < -0.3 is 5.32 Å². The van der Waals surface area contributed by atoms with E-state index in [2.05, 4.69) is 31.0 Å². The van der Waals surface area contributed by atoms with Gasteiger partial charge in [0.2, 0.25) is 0 Å². The lowest BCUT2D eigenvalue weighted by Crippen LogP contribution is -2.50. The van der Waals surface area contributed by atoms with Crippen LogP contribution in [-0.2, 0) is 0 Å². The average molecular weight is 224 g/mol. The van der Waals surface area contributed by atoms with Crippen molar-refractivity contribution in [1.29, 1.82) is 0 Å². The summed E-state index contributed by atoms with van der Waals surface area (Å²) in [5.41, 5.74) is 0. The first kappa shape index (κ1) is 12.4. The van der Waals surface area contributed by atoms with Crippen molar-refractivity contribution < 1.29 is 0 Å². The molecule has 2 heteroatoms. The Kier molecular flexibility index (Phi) is 4.26. The third kappa shape index (κ3) is 3.46. The SMILES string of the molecule is CC1CCCNC1CN(CC1CC1)C(C)C. The Morgan fingerprint density at radius 1 is 1.19 bits per heavy atom. The zero-order chi connectivity index (χ0) is 11.5. The number of rotatable bonds is 5. The Bertz CT molecular complexity index is 211. The van der Waals surface area contributed by atoms with E-state index < -0.39 is 0 Å². The van der Waals surface area contributed by atoms with E-state index in [-0.39, 0.29) is 0 Å². The van der Waals surface area contributed by atoms with E-state index in [9.17, 15) is 0 Å². The molecule has 16 heavy (non-hydrogen) atoms. The third-order valence-electron chi connectivity index (χ3n) is 4.28. The molecule has 1 aliphatic heterocycles. The summed E-state index contributed by atoms with van der Waals surface area (Å²) < 4.78 is 0. The molecule has 0 radical (unpaired) electrons. The van der Waals surface area contributed by atoms with Crippen molar-refractivity contribution in [3.8, 4) is 0 Å². The average Bonchev–Trinajstić information content (AvgIpc) is 3.04. The van der Waals surface area contributed by atoms with Crippen molar-refractivity contribution >= 4 is 0 Å². The molecule has 0 spiro atoms. The van der Waals surface area contributed by atoms with E-state index in [0.29, 0.717) is 6.04 Å². The van der Waals surface area contributed by atoms with E-state index in [1.54, 1.807) is 0 Å². The van der Waals surface area contributed by atoms with Crippen molar-refractivity contribution in [3.63, 3.8) is 0 Å². The van der Waals surface area contributed by atoms with Crippen LogP contribution in [0.1, 0.15) is 46.5 Å². The smallest absolute Gasteiger partial charge is 0.0220 e. The Labute approximate surface area is 101 Å². The molecule has 1 saturated carbocycles. The zero-order valence-electron chi connectivity index (χ0n) is 11.2. The summed E-state index contributed by atoms with van der Waals surface area (Å²) >= 11 is 0. The van der Waals surface area contributed by atoms with Gasteiger partial charge in [0.25, 0.3) is 0 Å². The van der Waals surface area contributed by atoms with Crippen LogP contribution in [0.5, 0.6) is 0 Å². The standard InChI is InChI=1S/C14H28N2/c1-11(2)16(9-13-6-7-13)10-14-12(3)5-4-8-15-14/h11-15H,4-10H2,1-3H3. The fourth-order valence-electron chi connectivity index (χ4n) is 2.74. The van der Waals surface area contributed by atoms with Crippen LogP contribution >= 0.6 is 0 Å². The number of piperidine rings is 1. The summed E-state index contributed by atoms with van der Waals surface area (Å²) in [6.07, 6.45) is 5.71. The Morgan fingerprint density at radius 3 is 2.50 bits per heavy atom. The van der Waals surface area contributed by atoms with Crippen LogP contribution in [0.25, 0.3) is 0 Å².